The van der Waals surface area contributed by atoms with E-state index in [1.807, 2.05) is 0 Å². The van der Waals surface area contributed by atoms with Crippen LogP contribution < -0.4 is 5.73 Å². The molecule has 1 aromatic rings. The van der Waals surface area contributed by atoms with Crippen molar-refractivity contribution in [3.63, 3.8) is 0 Å². The molecule has 4 nitrogen and oxygen atoms in total. The van der Waals surface area contributed by atoms with Crippen LogP contribution in [0.1, 0.15) is 36.2 Å². The maximum Gasteiger partial charge on any atom is 0.306 e. The number of hydrogen-bond acceptors (Lipinski definition) is 4. The van der Waals surface area contributed by atoms with Crippen LogP contribution in [0.3, 0.4) is 0 Å². The minimum absolute atomic E-state index is 0.0265. The molecule has 0 fully saturated rings. The van der Waals surface area contributed by atoms with E-state index in [0.29, 0.717) is 16.1 Å². The number of benzene rings is 1. The number of fused-ring (bicyclic) bond motifs is 1. The van der Waals surface area contributed by atoms with E-state index in [0.717, 1.165) is 0 Å². The third-order valence-electron chi connectivity index (χ3n) is 3.74. The van der Waals surface area contributed by atoms with E-state index >= 15 is 0 Å². The largest absolute Gasteiger partial charge is 0.466 e. The van der Waals surface area contributed by atoms with Crippen LogP contribution in [-0.2, 0) is 14.9 Å². The summed E-state index contributed by atoms with van der Waals surface area (Å²) >= 11 is 12.0. The Morgan fingerprint density at radius 2 is 2.10 bits per heavy atom. The second kappa shape index (κ2) is 5.35. The fraction of sp³-hybridized carbons (Fsp3) is 0.429. The molecule has 0 aromatic heterocycles. The zero-order valence-corrected chi connectivity index (χ0v) is 12.7. The van der Waals surface area contributed by atoms with Crippen molar-refractivity contribution in [3.8, 4) is 0 Å². The third-order valence-corrected chi connectivity index (χ3v) is 4.55. The van der Waals surface area contributed by atoms with Crippen LogP contribution in [0.15, 0.2) is 12.1 Å². The molecule has 0 saturated heterocycles. The van der Waals surface area contributed by atoms with Crippen LogP contribution in [0.5, 0.6) is 0 Å². The van der Waals surface area contributed by atoms with E-state index in [4.69, 9.17) is 33.7 Å². The van der Waals surface area contributed by atoms with Gasteiger partial charge >= 0.3 is 5.97 Å². The molecule has 0 aliphatic heterocycles. The quantitative estimate of drug-likeness (QED) is 0.871. The minimum atomic E-state index is -0.835. The SMILES string of the molecule is CCOC(=O)CC1(C)c2ccc(Cl)c(Cl)c2C(=O)C1N. The summed E-state index contributed by atoms with van der Waals surface area (Å²) in [4.78, 5) is 24.1. The summed E-state index contributed by atoms with van der Waals surface area (Å²) in [6.07, 6.45) is 0.0265. The Morgan fingerprint density at radius 3 is 2.70 bits per heavy atom. The Kier molecular flexibility index (Phi) is 4.09. The molecule has 0 spiro atoms. The number of rotatable bonds is 3. The summed E-state index contributed by atoms with van der Waals surface area (Å²) in [5.74, 6) is -0.684. The van der Waals surface area contributed by atoms with E-state index in [1.165, 1.54) is 0 Å². The average Bonchev–Trinajstić information content (AvgIpc) is 2.56. The topological polar surface area (TPSA) is 69.4 Å². The van der Waals surface area contributed by atoms with E-state index in [2.05, 4.69) is 0 Å². The number of carbonyl (C=O) groups is 2. The lowest BCUT2D eigenvalue weighted by molar-refractivity contribution is -0.144. The van der Waals surface area contributed by atoms with Gasteiger partial charge in [-0.3, -0.25) is 9.59 Å². The van der Waals surface area contributed by atoms with Gasteiger partial charge in [-0.15, -0.1) is 0 Å². The third kappa shape index (κ3) is 2.22. The minimum Gasteiger partial charge on any atom is -0.466 e. The van der Waals surface area contributed by atoms with Gasteiger partial charge in [-0.1, -0.05) is 36.2 Å². The van der Waals surface area contributed by atoms with Gasteiger partial charge < -0.3 is 10.5 Å². The molecule has 1 aliphatic carbocycles. The van der Waals surface area contributed by atoms with Gasteiger partial charge in [0.2, 0.25) is 0 Å². The lowest BCUT2D eigenvalue weighted by Gasteiger charge is -2.28. The lowest BCUT2D eigenvalue weighted by Crippen LogP contribution is -2.44. The van der Waals surface area contributed by atoms with Crippen molar-refractivity contribution in [1.82, 2.24) is 0 Å². The first-order valence-corrected chi connectivity index (χ1v) is 7.02. The number of halogens is 2. The summed E-state index contributed by atoms with van der Waals surface area (Å²) in [6.45, 7) is 3.78. The molecule has 0 bridgehead atoms. The van der Waals surface area contributed by atoms with Crippen molar-refractivity contribution in [2.24, 2.45) is 5.73 Å². The molecule has 2 N–H and O–H groups in total. The molecule has 2 unspecified atom stereocenters. The van der Waals surface area contributed by atoms with Gasteiger partial charge in [0.25, 0.3) is 0 Å². The summed E-state index contributed by atoms with van der Waals surface area (Å²) in [7, 11) is 0. The smallest absolute Gasteiger partial charge is 0.306 e. The van der Waals surface area contributed by atoms with E-state index in [9.17, 15) is 9.59 Å². The highest BCUT2D eigenvalue weighted by atomic mass is 35.5. The van der Waals surface area contributed by atoms with Crippen molar-refractivity contribution in [2.75, 3.05) is 6.61 Å². The number of ketones is 1. The fourth-order valence-electron chi connectivity index (χ4n) is 2.60. The molecular formula is C14H15Cl2NO3. The highest BCUT2D eigenvalue weighted by molar-refractivity contribution is 6.44. The van der Waals surface area contributed by atoms with Gasteiger partial charge in [-0.05, 0) is 18.6 Å². The van der Waals surface area contributed by atoms with Gasteiger partial charge in [0.1, 0.15) is 0 Å². The fourth-order valence-corrected chi connectivity index (χ4v) is 3.01. The first-order valence-electron chi connectivity index (χ1n) is 6.26. The highest BCUT2D eigenvalue weighted by Crippen LogP contribution is 2.45. The maximum atomic E-state index is 12.3. The number of hydrogen-bond donors (Lipinski definition) is 1. The normalized spacial score (nSPS) is 24.6. The van der Waals surface area contributed by atoms with E-state index < -0.39 is 17.4 Å². The van der Waals surface area contributed by atoms with Crippen molar-refractivity contribution in [2.45, 2.75) is 31.7 Å². The first kappa shape index (κ1) is 15.3. The number of nitrogens with two attached hydrogens (primary N) is 1. The van der Waals surface area contributed by atoms with E-state index in [-0.39, 0.29) is 23.8 Å². The van der Waals surface area contributed by atoms with Gasteiger partial charge in [-0.2, -0.15) is 0 Å². The molecule has 0 radical (unpaired) electrons. The average molecular weight is 316 g/mol. The lowest BCUT2D eigenvalue weighted by atomic mass is 9.78. The molecule has 108 valence electrons. The van der Waals surface area contributed by atoms with Gasteiger partial charge in [0, 0.05) is 11.0 Å². The second-order valence-corrected chi connectivity index (χ2v) is 5.81. The zero-order chi connectivity index (χ0) is 15.1. The number of esters is 1. The van der Waals surface area contributed by atoms with Gasteiger partial charge in [-0.25, -0.2) is 0 Å². The van der Waals surface area contributed by atoms with Crippen LogP contribution >= 0.6 is 23.2 Å². The molecule has 0 amide bonds. The number of Topliss-reactive ketones (excluding diaryl/α,β-unsaturated/α-hetero) is 1. The van der Waals surface area contributed by atoms with Crippen molar-refractivity contribution < 1.29 is 14.3 Å². The number of ether oxygens (including phenoxy) is 1. The Balaban J connectivity index is 2.50. The number of carbonyl (C=O) groups excluding carboxylic acids is 2. The first-order chi connectivity index (χ1) is 9.32. The highest BCUT2D eigenvalue weighted by Gasteiger charge is 2.49. The predicted molar refractivity (Wildman–Crippen MR) is 77.4 cm³/mol. The van der Waals surface area contributed by atoms with Crippen LogP contribution in [0, 0.1) is 0 Å². The molecule has 0 heterocycles. The molecule has 0 saturated carbocycles. The van der Waals surface area contributed by atoms with Crippen molar-refractivity contribution in [3.05, 3.63) is 33.3 Å². The standard InChI is InChI=1S/C14H15Cl2NO3/c1-3-20-9(18)6-14(2)7-4-5-8(15)11(16)10(7)12(19)13(14)17/h4-5,13H,3,6,17H2,1-2H3. The molecule has 1 aromatic carbocycles. The molecule has 1 aliphatic rings. The van der Waals surface area contributed by atoms with Crippen molar-refractivity contribution in [1.29, 1.82) is 0 Å². The Labute approximate surface area is 127 Å². The summed E-state index contributed by atoms with van der Waals surface area (Å²) < 4.78 is 4.96. The van der Waals surface area contributed by atoms with Gasteiger partial charge in [0.05, 0.1) is 29.1 Å². The maximum absolute atomic E-state index is 12.3. The van der Waals surface area contributed by atoms with E-state index in [1.54, 1.807) is 26.0 Å². The summed E-state index contributed by atoms with van der Waals surface area (Å²) in [6, 6.07) is 2.48. The van der Waals surface area contributed by atoms with Crippen LogP contribution in [0.4, 0.5) is 0 Å². The summed E-state index contributed by atoms with van der Waals surface area (Å²) in [5.41, 5.74) is 6.15. The van der Waals surface area contributed by atoms with Crippen molar-refractivity contribution >= 4 is 35.0 Å². The Hall–Kier alpha value is -1.10. The summed E-state index contributed by atoms with van der Waals surface area (Å²) in [5, 5.41) is 0.489. The van der Waals surface area contributed by atoms with Crippen LogP contribution in [-0.4, -0.2) is 24.4 Å². The van der Waals surface area contributed by atoms with Crippen LogP contribution in [0.2, 0.25) is 10.0 Å². The Bertz CT molecular complexity index is 588. The van der Waals surface area contributed by atoms with Crippen LogP contribution in [0.25, 0.3) is 0 Å². The molecular weight excluding hydrogens is 301 g/mol. The molecule has 2 rings (SSSR count). The molecule has 20 heavy (non-hydrogen) atoms. The predicted octanol–water partition coefficient (Wildman–Crippen LogP) is 2.73. The molecule has 2 atom stereocenters. The Morgan fingerprint density at radius 1 is 1.45 bits per heavy atom. The monoisotopic (exact) mass is 315 g/mol. The van der Waals surface area contributed by atoms with Gasteiger partial charge in [0.15, 0.2) is 5.78 Å². The zero-order valence-electron chi connectivity index (χ0n) is 11.2. The molecule has 6 heteroatoms. The second-order valence-electron chi connectivity index (χ2n) is 5.03.